The number of aliphatic hydroxyl groups excluding tert-OH is 1. The molecule has 0 saturated carbocycles. The minimum absolute atomic E-state index is 0.0909. The zero-order valence-corrected chi connectivity index (χ0v) is 12.1. The highest BCUT2D eigenvalue weighted by Crippen LogP contribution is 2.15. The van der Waals surface area contributed by atoms with Crippen LogP contribution in [0, 0.1) is 0 Å². The van der Waals surface area contributed by atoms with Crippen LogP contribution in [0.1, 0.15) is 0 Å². The molecule has 1 aliphatic rings. The van der Waals surface area contributed by atoms with Gasteiger partial charge in [0.05, 0.1) is 18.5 Å². The van der Waals surface area contributed by atoms with Gasteiger partial charge in [-0.3, -0.25) is 9.78 Å². The minimum atomic E-state index is -0.592. The maximum atomic E-state index is 12.3. The van der Waals surface area contributed by atoms with Gasteiger partial charge in [-0.1, -0.05) is 0 Å². The second kappa shape index (κ2) is 6.52. The Bertz CT molecular complexity index is 603. The summed E-state index contributed by atoms with van der Waals surface area (Å²) in [6.45, 7) is 2.13. The lowest BCUT2D eigenvalue weighted by Gasteiger charge is -2.23. The number of carbonyl (C=O) groups is 1. The fraction of sp³-hybridized carbons (Fsp3) is 0.429. The van der Waals surface area contributed by atoms with Crippen LogP contribution in [0.15, 0.2) is 36.9 Å². The van der Waals surface area contributed by atoms with Crippen LogP contribution in [0.3, 0.4) is 0 Å². The SMILES string of the molecule is O=C(Cn1nccn1)N1CCN(c2ccncc2)CC(O)C1. The van der Waals surface area contributed by atoms with Crippen molar-refractivity contribution in [1.82, 2.24) is 24.9 Å². The van der Waals surface area contributed by atoms with Crippen molar-refractivity contribution in [2.45, 2.75) is 12.6 Å². The largest absolute Gasteiger partial charge is 0.389 e. The molecule has 8 nitrogen and oxygen atoms in total. The highest BCUT2D eigenvalue weighted by Gasteiger charge is 2.24. The molecule has 3 rings (SSSR count). The molecule has 1 unspecified atom stereocenters. The summed E-state index contributed by atoms with van der Waals surface area (Å²) < 4.78 is 0. The number of pyridine rings is 1. The third-order valence-corrected chi connectivity index (χ3v) is 3.63. The van der Waals surface area contributed by atoms with Gasteiger partial charge in [-0.2, -0.15) is 15.0 Å². The van der Waals surface area contributed by atoms with E-state index >= 15 is 0 Å². The van der Waals surface area contributed by atoms with Crippen LogP contribution in [-0.2, 0) is 11.3 Å². The van der Waals surface area contributed by atoms with Crippen LogP contribution in [0.2, 0.25) is 0 Å². The van der Waals surface area contributed by atoms with Gasteiger partial charge in [-0.25, -0.2) is 0 Å². The number of nitrogens with zero attached hydrogens (tertiary/aromatic N) is 6. The first-order valence-corrected chi connectivity index (χ1v) is 7.17. The first-order valence-electron chi connectivity index (χ1n) is 7.17. The standard InChI is InChI=1S/C14H18N6O2/c21-13-9-18(12-1-3-15-4-2-12)7-8-19(10-13)14(22)11-20-16-5-6-17-20/h1-6,13,21H,7-11H2. The Morgan fingerprint density at radius 2 is 1.86 bits per heavy atom. The van der Waals surface area contributed by atoms with Crippen molar-refractivity contribution < 1.29 is 9.90 Å². The Morgan fingerprint density at radius 3 is 2.59 bits per heavy atom. The van der Waals surface area contributed by atoms with Gasteiger partial charge in [0.2, 0.25) is 5.91 Å². The summed E-state index contributed by atoms with van der Waals surface area (Å²) >= 11 is 0. The van der Waals surface area contributed by atoms with Crippen molar-refractivity contribution in [3.05, 3.63) is 36.9 Å². The molecule has 1 atom stereocenters. The van der Waals surface area contributed by atoms with Crippen LogP contribution in [0.5, 0.6) is 0 Å². The lowest BCUT2D eigenvalue weighted by Crippen LogP contribution is -2.39. The molecule has 22 heavy (non-hydrogen) atoms. The molecule has 0 radical (unpaired) electrons. The Labute approximate surface area is 128 Å². The fourth-order valence-electron chi connectivity index (χ4n) is 2.55. The molecule has 116 valence electrons. The summed E-state index contributed by atoms with van der Waals surface area (Å²) in [6.07, 6.45) is 5.92. The molecular weight excluding hydrogens is 284 g/mol. The van der Waals surface area contributed by atoms with E-state index in [-0.39, 0.29) is 12.5 Å². The molecule has 1 amide bonds. The maximum absolute atomic E-state index is 12.3. The van der Waals surface area contributed by atoms with Gasteiger partial charge >= 0.3 is 0 Å². The number of hydrogen-bond acceptors (Lipinski definition) is 6. The third-order valence-electron chi connectivity index (χ3n) is 3.63. The molecule has 3 heterocycles. The van der Waals surface area contributed by atoms with Gasteiger partial charge in [0.25, 0.3) is 0 Å². The zero-order chi connectivity index (χ0) is 15.4. The number of rotatable bonds is 3. The van der Waals surface area contributed by atoms with Crippen molar-refractivity contribution in [1.29, 1.82) is 0 Å². The Morgan fingerprint density at radius 1 is 1.14 bits per heavy atom. The number of hydrogen-bond donors (Lipinski definition) is 1. The van der Waals surface area contributed by atoms with E-state index in [1.165, 1.54) is 17.2 Å². The van der Waals surface area contributed by atoms with E-state index in [1.54, 1.807) is 17.3 Å². The molecule has 2 aromatic heterocycles. The number of anilines is 1. The van der Waals surface area contributed by atoms with Gasteiger partial charge in [0.15, 0.2) is 0 Å². The van der Waals surface area contributed by atoms with Crippen molar-refractivity contribution >= 4 is 11.6 Å². The third kappa shape index (κ3) is 3.40. The lowest BCUT2D eigenvalue weighted by atomic mass is 10.3. The van der Waals surface area contributed by atoms with Gasteiger partial charge in [-0.15, -0.1) is 0 Å². The van der Waals surface area contributed by atoms with Gasteiger partial charge in [0.1, 0.15) is 6.54 Å². The second-order valence-electron chi connectivity index (χ2n) is 5.20. The molecule has 2 aromatic rings. The minimum Gasteiger partial charge on any atom is -0.389 e. The van der Waals surface area contributed by atoms with E-state index in [2.05, 4.69) is 20.1 Å². The van der Waals surface area contributed by atoms with Crippen molar-refractivity contribution in [2.75, 3.05) is 31.1 Å². The molecule has 1 fully saturated rings. The Kier molecular flexibility index (Phi) is 4.29. The fourth-order valence-corrected chi connectivity index (χ4v) is 2.55. The first kappa shape index (κ1) is 14.5. The normalized spacial score (nSPS) is 19.0. The number of aliphatic hydroxyl groups is 1. The average Bonchev–Trinajstić information content (AvgIpc) is 2.95. The smallest absolute Gasteiger partial charge is 0.246 e. The van der Waals surface area contributed by atoms with Crippen LogP contribution in [-0.4, -0.2) is 68.2 Å². The van der Waals surface area contributed by atoms with E-state index in [9.17, 15) is 9.90 Å². The van der Waals surface area contributed by atoms with E-state index < -0.39 is 6.10 Å². The molecule has 1 N–H and O–H groups in total. The topological polar surface area (TPSA) is 87.4 Å². The molecule has 0 bridgehead atoms. The monoisotopic (exact) mass is 302 g/mol. The summed E-state index contributed by atoms with van der Waals surface area (Å²) in [4.78, 5) is 21.4. The molecule has 8 heteroatoms. The quantitative estimate of drug-likeness (QED) is 0.813. The molecule has 0 aromatic carbocycles. The predicted molar refractivity (Wildman–Crippen MR) is 79.1 cm³/mol. The second-order valence-corrected chi connectivity index (χ2v) is 5.20. The molecule has 0 spiro atoms. The highest BCUT2D eigenvalue weighted by molar-refractivity contribution is 5.76. The first-order chi connectivity index (χ1) is 10.7. The Balaban J connectivity index is 1.65. The summed E-state index contributed by atoms with van der Waals surface area (Å²) in [6, 6.07) is 3.80. The molecule has 0 aliphatic carbocycles. The zero-order valence-electron chi connectivity index (χ0n) is 12.1. The molecule has 1 aliphatic heterocycles. The van der Waals surface area contributed by atoms with Crippen molar-refractivity contribution in [2.24, 2.45) is 0 Å². The van der Waals surface area contributed by atoms with E-state index in [1.807, 2.05) is 12.1 Å². The van der Waals surface area contributed by atoms with Gasteiger partial charge in [0, 0.05) is 44.3 Å². The summed E-state index contributed by atoms with van der Waals surface area (Å²) in [7, 11) is 0. The van der Waals surface area contributed by atoms with Crippen LogP contribution in [0.4, 0.5) is 5.69 Å². The summed E-state index contributed by atoms with van der Waals surface area (Å²) in [5.41, 5.74) is 0.997. The van der Waals surface area contributed by atoms with Crippen LogP contribution < -0.4 is 4.90 Å². The van der Waals surface area contributed by atoms with E-state index in [4.69, 9.17) is 0 Å². The molecule has 1 saturated heterocycles. The number of β-amino-alcohol motifs (C(OH)–C–C–N with tert-alkyl or cyclic N) is 1. The predicted octanol–water partition coefficient (Wildman–Crippen LogP) is -0.617. The van der Waals surface area contributed by atoms with Crippen LogP contribution in [0.25, 0.3) is 0 Å². The number of aromatic nitrogens is 4. The summed E-state index contributed by atoms with van der Waals surface area (Å²) in [5.74, 6) is -0.0909. The average molecular weight is 302 g/mol. The van der Waals surface area contributed by atoms with Crippen molar-refractivity contribution in [3.8, 4) is 0 Å². The maximum Gasteiger partial charge on any atom is 0.246 e. The van der Waals surface area contributed by atoms with Crippen molar-refractivity contribution in [3.63, 3.8) is 0 Å². The van der Waals surface area contributed by atoms with E-state index in [0.29, 0.717) is 26.2 Å². The molecular formula is C14H18N6O2. The summed E-state index contributed by atoms with van der Waals surface area (Å²) in [5, 5.41) is 18.0. The lowest BCUT2D eigenvalue weighted by molar-refractivity contribution is -0.133. The highest BCUT2D eigenvalue weighted by atomic mass is 16.3. The van der Waals surface area contributed by atoms with Gasteiger partial charge in [-0.05, 0) is 12.1 Å². The number of carbonyl (C=O) groups excluding carboxylic acids is 1. The Hall–Kier alpha value is -2.48. The van der Waals surface area contributed by atoms with Gasteiger partial charge < -0.3 is 14.9 Å². The number of amides is 1. The van der Waals surface area contributed by atoms with Crippen LogP contribution >= 0.6 is 0 Å². The van der Waals surface area contributed by atoms with E-state index in [0.717, 1.165) is 5.69 Å².